The van der Waals surface area contributed by atoms with Crippen molar-refractivity contribution in [3.8, 4) is 11.4 Å². The minimum atomic E-state index is -0.480. The lowest BCUT2D eigenvalue weighted by atomic mass is 10.1. The van der Waals surface area contributed by atoms with Crippen LogP contribution >= 0.6 is 11.6 Å². The second-order valence-electron chi connectivity index (χ2n) is 6.06. The maximum absolute atomic E-state index is 12.2. The molecule has 8 nitrogen and oxygen atoms in total. The van der Waals surface area contributed by atoms with E-state index < -0.39 is 18.5 Å². The average Bonchev–Trinajstić information content (AvgIpc) is 3.26. The number of hydrogen-bond donors (Lipinski definition) is 1. The lowest BCUT2D eigenvalue weighted by molar-refractivity contribution is -0.147. The van der Waals surface area contributed by atoms with Crippen LogP contribution in [0.1, 0.15) is 12.0 Å². The van der Waals surface area contributed by atoms with Crippen molar-refractivity contribution in [2.45, 2.75) is 12.8 Å². The summed E-state index contributed by atoms with van der Waals surface area (Å²) in [6, 6.07) is 12.4. The molecule has 0 aliphatic heterocycles. The number of benzene rings is 2. The van der Waals surface area contributed by atoms with Crippen LogP contribution in [0.25, 0.3) is 5.69 Å². The van der Waals surface area contributed by atoms with Gasteiger partial charge in [0, 0.05) is 11.4 Å². The van der Waals surface area contributed by atoms with Gasteiger partial charge in [0.05, 0.1) is 18.5 Å². The monoisotopic (exact) mass is 414 g/mol. The third kappa shape index (κ3) is 5.79. The van der Waals surface area contributed by atoms with Crippen molar-refractivity contribution in [2.75, 3.05) is 19.0 Å². The highest BCUT2D eigenvalue weighted by atomic mass is 35.5. The zero-order valence-electron chi connectivity index (χ0n) is 15.7. The van der Waals surface area contributed by atoms with Crippen molar-refractivity contribution in [3.05, 3.63) is 65.7 Å². The predicted molar refractivity (Wildman–Crippen MR) is 107 cm³/mol. The summed E-state index contributed by atoms with van der Waals surface area (Å²) < 4.78 is 11.6. The van der Waals surface area contributed by atoms with Crippen molar-refractivity contribution in [1.29, 1.82) is 0 Å². The van der Waals surface area contributed by atoms with Gasteiger partial charge in [-0.1, -0.05) is 23.7 Å². The van der Waals surface area contributed by atoms with Crippen LogP contribution in [0.4, 0.5) is 5.69 Å². The molecule has 0 atom stereocenters. The van der Waals surface area contributed by atoms with Crippen molar-refractivity contribution >= 4 is 29.2 Å². The Bertz CT molecular complexity index is 975. The van der Waals surface area contributed by atoms with Crippen LogP contribution in [0.2, 0.25) is 5.02 Å². The fraction of sp³-hybridized carbons (Fsp3) is 0.200. The van der Waals surface area contributed by atoms with Crippen molar-refractivity contribution in [2.24, 2.45) is 0 Å². The van der Waals surface area contributed by atoms with Gasteiger partial charge in [0.2, 0.25) is 0 Å². The molecule has 0 spiro atoms. The molecule has 3 rings (SSSR count). The van der Waals surface area contributed by atoms with E-state index in [0.717, 1.165) is 11.3 Å². The Morgan fingerprint density at radius 3 is 2.66 bits per heavy atom. The van der Waals surface area contributed by atoms with E-state index in [0.29, 0.717) is 22.8 Å². The van der Waals surface area contributed by atoms with Gasteiger partial charge in [-0.3, -0.25) is 9.59 Å². The van der Waals surface area contributed by atoms with E-state index in [-0.39, 0.29) is 6.42 Å². The number of carbonyl (C=O) groups is 2. The number of halogens is 1. The van der Waals surface area contributed by atoms with E-state index in [4.69, 9.17) is 21.1 Å². The molecule has 3 aromatic rings. The number of aromatic nitrogens is 3. The molecule has 0 fully saturated rings. The van der Waals surface area contributed by atoms with Crippen LogP contribution in [0.5, 0.6) is 5.75 Å². The molecule has 0 saturated carbocycles. The smallest absolute Gasteiger partial charge is 0.306 e. The molecular formula is C20H19ClN4O4. The first-order valence-electron chi connectivity index (χ1n) is 8.78. The molecule has 2 aromatic carbocycles. The number of ether oxygens (including phenoxy) is 2. The fourth-order valence-electron chi connectivity index (χ4n) is 2.58. The minimum absolute atomic E-state index is 0.168. The number of carbonyl (C=O) groups excluding carboxylic acids is 2. The first-order chi connectivity index (χ1) is 14.0. The van der Waals surface area contributed by atoms with E-state index in [1.807, 2.05) is 24.3 Å². The Balaban J connectivity index is 1.51. The van der Waals surface area contributed by atoms with E-state index >= 15 is 0 Å². The van der Waals surface area contributed by atoms with E-state index in [2.05, 4.69) is 15.4 Å². The van der Waals surface area contributed by atoms with Crippen molar-refractivity contribution in [3.63, 3.8) is 0 Å². The first kappa shape index (κ1) is 20.3. The highest BCUT2D eigenvalue weighted by Crippen LogP contribution is 2.23. The summed E-state index contributed by atoms with van der Waals surface area (Å²) in [5.74, 6) is -0.190. The predicted octanol–water partition coefficient (Wildman–Crippen LogP) is 3.04. The second-order valence-corrected chi connectivity index (χ2v) is 6.49. The number of hydrogen-bond acceptors (Lipinski definition) is 6. The second kappa shape index (κ2) is 9.70. The summed E-state index contributed by atoms with van der Waals surface area (Å²) in [4.78, 5) is 28.0. The van der Waals surface area contributed by atoms with Crippen LogP contribution in [0, 0.1) is 0 Å². The third-order valence-corrected chi connectivity index (χ3v) is 4.27. The molecule has 29 heavy (non-hydrogen) atoms. The Morgan fingerprint density at radius 2 is 1.97 bits per heavy atom. The van der Waals surface area contributed by atoms with Gasteiger partial charge in [0.15, 0.2) is 6.61 Å². The van der Waals surface area contributed by atoms with Gasteiger partial charge in [0.25, 0.3) is 5.91 Å². The standard InChI is InChI=1S/C20H19ClN4O4/c1-28-16-6-2-14(3-7-16)4-9-20(27)29-11-19(26)24-17-10-15(21)5-8-18(17)25-13-22-12-23-25/h2-3,5-8,10,12-13H,4,9,11H2,1H3,(H,24,26). The largest absolute Gasteiger partial charge is 0.497 e. The first-order valence-corrected chi connectivity index (χ1v) is 9.16. The third-order valence-electron chi connectivity index (χ3n) is 4.04. The van der Waals surface area contributed by atoms with Crippen LogP contribution < -0.4 is 10.1 Å². The fourth-order valence-corrected chi connectivity index (χ4v) is 2.76. The highest BCUT2D eigenvalue weighted by molar-refractivity contribution is 6.31. The highest BCUT2D eigenvalue weighted by Gasteiger charge is 2.12. The van der Waals surface area contributed by atoms with E-state index in [1.54, 1.807) is 25.3 Å². The molecule has 0 bridgehead atoms. The van der Waals surface area contributed by atoms with E-state index in [9.17, 15) is 9.59 Å². The zero-order chi connectivity index (χ0) is 20.6. The number of esters is 1. The minimum Gasteiger partial charge on any atom is -0.497 e. The lowest BCUT2D eigenvalue weighted by Gasteiger charge is -2.11. The average molecular weight is 415 g/mol. The summed E-state index contributed by atoms with van der Waals surface area (Å²) in [6.45, 7) is -0.398. The van der Waals surface area contributed by atoms with Crippen LogP contribution in [0.15, 0.2) is 55.1 Å². The molecule has 1 N–H and O–H groups in total. The Kier molecular flexibility index (Phi) is 6.80. The lowest BCUT2D eigenvalue weighted by Crippen LogP contribution is -2.22. The van der Waals surface area contributed by atoms with Gasteiger partial charge in [-0.25, -0.2) is 9.67 Å². The molecule has 0 saturated heterocycles. The van der Waals surface area contributed by atoms with Crippen LogP contribution in [-0.2, 0) is 20.7 Å². The maximum atomic E-state index is 12.2. The van der Waals surface area contributed by atoms with Gasteiger partial charge >= 0.3 is 5.97 Å². The molecule has 1 heterocycles. The maximum Gasteiger partial charge on any atom is 0.306 e. The Morgan fingerprint density at radius 1 is 1.17 bits per heavy atom. The SMILES string of the molecule is COc1ccc(CCC(=O)OCC(=O)Nc2cc(Cl)ccc2-n2cncn2)cc1. The molecule has 0 unspecified atom stereocenters. The number of rotatable bonds is 8. The van der Waals surface area contributed by atoms with Gasteiger partial charge in [0.1, 0.15) is 18.4 Å². The number of anilines is 1. The van der Waals surface area contributed by atoms with Gasteiger partial charge in [-0.2, -0.15) is 5.10 Å². The van der Waals surface area contributed by atoms with Crippen LogP contribution in [-0.4, -0.2) is 40.4 Å². The molecule has 9 heteroatoms. The number of aryl methyl sites for hydroxylation is 1. The van der Waals surface area contributed by atoms with Gasteiger partial charge < -0.3 is 14.8 Å². The van der Waals surface area contributed by atoms with Gasteiger partial charge in [-0.15, -0.1) is 0 Å². The summed E-state index contributed by atoms with van der Waals surface area (Å²) in [5, 5.41) is 7.16. The Hall–Kier alpha value is -3.39. The molecular weight excluding hydrogens is 396 g/mol. The van der Waals surface area contributed by atoms with Gasteiger partial charge in [-0.05, 0) is 42.3 Å². The topological polar surface area (TPSA) is 95.3 Å². The number of nitrogens with one attached hydrogen (secondary N) is 1. The van der Waals surface area contributed by atoms with Crippen molar-refractivity contribution in [1.82, 2.24) is 14.8 Å². The molecule has 0 aliphatic carbocycles. The summed E-state index contributed by atoms with van der Waals surface area (Å²) in [6.07, 6.45) is 3.55. The quantitative estimate of drug-likeness (QED) is 0.569. The van der Waals surface area contributed by atoms with Crippen LogP contribution in [0.3, 0.4) is 0 Å². The molecule has 1 aromatic heterocycles. The normalized spacial score (nSPS) is 10.4. The number of methoxy groups -OCH3 is 1. The van der Waals surface area contributed by atoms with Crippen molar-refractivity contribution < 1.29 is 19.1 Å². The molecule has 1 amide bonds. The van der Waals surface area contributed by atoms with E-state index in [1.165, 1.54) is 17.3 Å². The Labute approximate surface area is 172 Å². The molecule has 150 valence electrons. The molecule has 0 radical (unpaired) electrons. The number of nitrogens with zero attached hydrogens (tertiary/aromatic N) is 3. The molecule has 0 aliphatic rings. The summed E-state index contributed by atoms with van der Waals surface area (Å²) >= 11 is 6.02. The summed E-state index contributed by atoms with van der Waals surface area (Å²) in [5.41, 5.74) is 2.00. The summed E-state index contributed by atoms with van der Waals surface area (Å²) in [7, 11) is 1.59. The number of amides is 1. The zero-order valence-corrected chi connectivity index (χ0v) is 16.4.